The van der Waals surface area contributed by atoms with Gasteiger partial charge in [-0.05, 0) is 18.6 Å². The molecule has 7 heteroatoms. The van der Waals surface area contributed by atoms with Gasteiger partial charge in [0, 0.05) is 13.1 Å². The number of nitrogens with zero attached hydrogens (tertiary/aromatic N) is 3. The first-order valence-electron chi connectivity index (χ1n) is 6.24. The number of hydrogen-bond acceptors (Lipinski definition) is 5. The van der Waals surface area contributed by atoms with Gasteiger partial charge in [-0.1, -0.05) is 22.6 Å². The Labute approximate surface area is 124 Å². The highest BCUT2D eigenvalue weighted by Crippen LogP contribution is 2.29. The van der Waals surface area contributed by atoms with Crippen LogP contribution in [0.3, 0.4) is 0 Å². The van der Waals surface area contributed by atoms with Gasteiger partial charge in [0.05, 0.1) is 18.0 Å². The van der Waals surface area contributed by atoms with Crippen molar-refractivity contribution in [3.63, 3.8) is 0 Å². The first kappa shape index (κ1) is 13.6. The standard InChI is InChI=1S/C14H13N3O3S/c1-8-4-5-9(19-3)11-12(8)21-14(17(11)2)16-13(18)10-6-7-15-20-10/h4-7H,1-3H3. The largest absolute Gasteiger partial charge is 0.495 e. The number of fused-ring (bicyclic) bond motifs is 1. The molecule has 0 fully saturated rings. The van der Waals surface area contributed by atoms with Gasteiger partial charge < -0.3 is 13.8 Å². The van der Waals surface area contributed by atoms with Gasteiger partial charge in [0.15, 0.2) is 4.80 Å². The summed E-state index contributed by atoms with van der Waals surface area (Å²) in [5.41, 5.74) is 2.03. The summed E-state index contributed by atoms with van der Waals surface area (Å²) < 4.78 is 13.1. The Kier molecular flexibility index (Phi) is 3.34. The van der Waals surface area contributed by atoms with Crippen LogP contribution in [0.25, 0.3) is 10.2 Å². The molecule has 0 bridgehead atoms. The lowest BCUT2D eigenvalue weighted by molar-refractivity contribution is 0.0962. The van der Waals surface area contributed by atoms with E-state index in [2.05, 4.69) is 10.1 Å². The number of ether oxygens (including phenoxy) is 1. The van der Waals surface area contributed by atoms with Crippen molar-refractivity contribution in [3.8, 4) is 5.75 Å². The Morgan fingerprint density at radius 2 is 2.24 bits per heavy atom. The first-order valence-corrected chi connectivity index (χ1v) is 7.06. The normalized spacial score (nSPS) is 12.0. The molecule has 0 saturated heterocycles. The van der Waals surface area contributed by atoms with Crippen molar-refractivity contribution in [1.29, 1.82) is 0 Å². The molecule has 3 aromatic rings. The molecule has 0 unspecified atom stereocenters. The summed E-state index contributed by atoms with van der Waals surface area (Å²) >= 11 is 1.44. The Balaban J connectivity index is 2.23. The predicted molar refractivity (Wildman–Crippen MR) is 78.5 cm³/mol. The highest BCUT2D eigenvalue weighted by Gasteiger charge is 2.13. The Hall–Kier alpha value is -2.41. The van der Waals surface area contributed by atoms with Crippen molar-refractivity contribution >= 4 is 27.5 Å². The molecular weight excluding hydrogens is 290 g/mol. The van der Waals surface area contributed by atoms with E-state index in [0.717, 1.165) is 21.5 Å². The molecule has 0 N–H and O–H groups in total. The van der Waals surface area contributed by atoms with Crippen LogP contribution in [0.2, 0.25) is 0 Å². The van der Waals surface area contributed by atoms with Crippen LogP contribution in [0.15, 0.2) is 33.9 Å². The van der Waals surface area contributed by atoms with Crippen molar-refractivity contribution in [2.75, 3.05) is 7.11 Å². The molecule has 0 saturated carbocycles. The SMILES string of the molecule is COc1ccc(C)c2sc(=NC(=O)c3ccno3)n(C)c12. The number of rotatable bonds is 2. The number of benzene rings is 1. The molecule has 0 aliphatic carbocycles. The fourth-order valence-electron chi connectivity index (χ4n) is 2.09. The lowest BCUT2D eigenvalue weighted by Crippen LogP contribution is -2.13. The van der Waals surface area contributed by atoms with E-state index in [1.807, 2.05) is 30.7 Å². The molecular formula is C14H13N3O3S. The number of hydrogen-bond donors (Lipinski definition) is 0. The van der Waals surface area contributed by atoms with Crippen molar-refractivity contribution in [1.82, 2.24) is 9.72 Å². The Morgan fingerprint density at radius 3 is 2.90 bits per heavy atom. The third kappa shape index (κ3) is 2.25. The number of methoxy groups -OCH3 is 1. The van der Waals surface area contributed by atoms with Crippen LogP contribution in [-0.4, -0.2) is 22.7 Å². The second-order valence-electron chi connectivity index (χ2n) is 4.50. The predicted octanol–water partition coefficient (Wildman–Crippen LogP) is 2.29. The average molecular weight is 303 g/mol. The molecule has 21 heavy (non-hydrogen) atoms. The van der Waals surface area contributed by atoms with Crippen molar-refractivity contribution in [3.05, 3.63) is 40.5 Å². The van der Waals surface area contributed by atoms with E-state index >= 15 is 0 Å². The summed E-state index contributed by atoms with van der Waals surface area (Å²) in [6, 6.07) is 5.39. The van der Waals surface area contributed by atoms with Crippen LogP contribution in [0.5, 0.6) is 5.75 Å². The molecule has 0 spiro atoms. The van der Waals surface area contributed by atoms with Crippen molar-refractivity contribution in [2.45, 2.75) is 6.92 Å². The molecule has 6 nitrogen and oxygen atoms in total. The number of aromatic nitrogens is 2. The van der Waals surface area contributed by atoms with E-state index in [0.29, 0.717) is 4.80 Å². The van der Waals surface area contributed by atoms with Crippen LogP contribution in [0.1, 0.15) is 16.1 Å². The minimum absolute atomic E-state index is 0.121. The van der Waals surface area contributed by atoms with E-state index in [4.69, 9.17) is 9.26 Å². The minimum Gasteiger partial charge on any atom is -0.495 e. The number of carbonyl (C=O) groups is 1. The van der Waals surface area contributed by atoms with Crippen LogP contribution >= 0.6 is 11.3 Å². The quantitative estimate of drug-likeness (QED) is 0.728. The Morgan fingerprint density at radius 1 is 1.43 bits per heavy atom. The maximum Gasteiger partial charge on any atom is 0.318 e. The minimum atomic E-state index is -0.453. The summed E-state index contributed by atoms with van der Waals surface area (Å²) in [6.07, 6.45) is 1.42. The molecule has 0 aliphatic heterocycles. The van der Waals surface area contributed by atoms with Crippen molar-refractivity contribution < 1.29 is 14.1 Å². The van der Waals surface area contributed by atoms with Crippen LogP contribution in [0, 0.1) is 6.92 Å². The lowest BCUT2D eigenvalue weighted by Gasteiger charge is -2.05. The average Bonchev–Trinajstić information content (AvgIpc) is 3.10. The second kappa shape index (κ2) is 5.17. The molecule has 2 aromatic heterocycles. The van der Waals surface area contributed by atoms with Gasteiger partial charge in [0.2, 0.25) is 5.76 Å². The lowest BCUT2D eigenvalue weighted by atomic mass is 10.2. The molecule has 0 aliphatic rings. The molecule has 3 rings (SSSR count). The van der Waals surface area contributed by atoms with Crippen LogP contribution < -0.4 is 9.54 Å². The summed E-state index contributed by atoms with van der Waals surface area (Å²) in [6.45, 7) is 2.01. The first-order chi connectivity index (χ1) is 10.1. The van der Waals surface area contributed by atoms with Gasteiger partial charge in [-0.3, -0.25) is 4.79 Å². The van der Waals surface area contributed by atoms with E-state index in [1.54, 1.807) is 7.11 Å². The maximum absolute atomic E-state index is 12.0. The topological polar surface area (TPSA) is 69.6 Å². The van der Waals surface area contributed by atoms with Crippen LogP contribution in [0.4, 0.5) is 0 Å². The van der Waals surface area contributed by atoms with E-state index in [1.165, 1.54) is 23.6 Å². The third-order valence-electron chi connectivity index (χ3n) is 3.17. The summed E-state index contributed by atoms with van der Waals surface area (Å²) in [7, 11) is 3.48. The van der Waals surface area contributed by atoms with Gasteiger partial charge in [-0.2, -0.15) is 4.99 Å². The highest BCUT2D eigenvalue weighted by atomic mass is 32.1. The second-order valence-corrected chi connectivity index (χ2v) is 5.48. The molecule has 2 heterocycles. The molecule has 1 amide bonds. The number of aryl methyl sites for hydroxylation is 2. The van der Waals surface area contributed by atoms with Gasteiger partial charge >= 0.3 is 5.91 Å². The van der Waals surface area contributed by atoms with Gasteiger partial charge in [0.1, 0.15) is 11.3 Å². The number of amides is 1. The zero-order chi connectivity index (χ0) is 15.0. The monoisotopic (exact) mass is 303 g/mol. The van der Waals surface area contributed by atoms with Crippen molar-refractivity contribution in [2.24, 2.45) is 12.0 Å². The number of carbonyl (C=O) groups excluding carboxylic acids is 1. The number of thiazole rings is 1. The zero-order valence-electron chi connectivity index (χ0n) is 11.8. The fourth-order valence-corrected chi connectivity index (χ4v) is 3.19. The van der Waals surface area contributed by atoms with E-state index in [9.17, 15) is 4.79 Å². The molecule has 108 valence electrons. The van der Waals surface area contributed by atoms with Gasteiger partial charge in [0.25, 0.3) is 0 Å². The zero-order valence-corrected chi connectivity index (χ0v) is 12.6. The maximum atomic E-state index is 12.0. The van der Waals surface area contributed by atoms with Gasteiger partial charge in [-0.15, -0.1) is 0 Å². The Bertz CT molecular complexity index is 875. The van der Waals surface area contributed by atoms with Crippen LogP contribution in [-0.2, 0) is 7.05 Å². The third-order valence-corrected chi connectivity index (χ3v) is 4.44. The van der Waals surface area contributed by atoms with E-state index in [-0.39, 0.29) is 5.76 Å². The van der Waals surface area contributed by atoms with E-state index < -0.39 is 5.91 Å². The molecule has 0 atom stereocenters. The summed E-state index contributed by atoms with van der Waals surface area (Å²) in [4.78, 5) is 16.7. The molecule has 0 radical (unpaired) electrons. The fraction of sp³-hybridized carbons (Fsp3) is 0.214. The van der Waals surface area contributed by atoms with Gasteiger partial charge in [-0.25, -0.2) is 0 Å². The smallest absolute Gasteiger partial charge is 0.318 e. The highest BCUT2D eigenvalue weighted by molar-refractivity contribution is 7.16. The summed E-state index contributed by atoms with van der Waals surface area (Å²) in [5.74, 6) is 0.422. The molecule has 1 aromatic carbocycles. The summed E-state index contributed by atoms with van der Waals surface area (Å²) in [5, 5.41) is 3.51.